The van der Waals surface area contributed by atoms with Crippen molar-refractivity contribution in [1.82, 2.24) is 5.01 Å². The zero-order chi connectivity index (χ0) is 20.8. The minimum atomic E-state index is -0.314. The van der Waals surface area contributed by atoms with Crippen molar-refractivity contribution in [2.75, 3.05) is 0 Å². The fraction of sp³-hybridized carbons (Fsp3) is 0.261. The summed E-state index contributed by atoms with van der Waals surface area (Å²) in [6.07, 6.45) is 6.51. The first-order valence-corrected chi connectivity index (χ1v) is 10.6. The molecule has 1 saturated heterocycles. The highest BCUT2D eigenvalue weighted by atomic mass is 79.9. The van der Waals surface area contributed by atoms with Gasteiger partial charge in [0, 0.05) is 5.56 Å². The van der Waals surface area contributed by atoms with E-state index in [2.05, 4.69) is 33.2 Å². The number of allylic oxidation sites excluding steroid dienone is 2. The average molecular weight is 469 g/mol. The van der Waals surface area contributed by atoms with Crippen LogP contribution in [0.1, 0.15) is 17.5 Å². The lowest BCUT2D eigenvalue weighted by atomic mass is 9.85. The second-order valence-corrected chi connectivity index (χ2v) is 8.66. The Bertz CT molecular complexity index is 1070. The normalized spacial score (nSPS) is 26.8. The fourth-order valence-electron chi connectivity index (χ4n) is 4.61. The molecule has 1 heterocycles. The number of amides is 2. The summed E-state index contributed by atoms with van der Waals surface area (Å²) in [6, 6.07) is 11.7. The molecule has 1 aliphatic heterocycles. The Labute approximate surface area is 181 Å². The molecule has 1 saturated carbocycles. The largest absolute Gasteiger partial charge is 0.488 e. The Kier molecular flexibility index (Phi) is 4.77. The van der Waals surface area contributed by atoms with Gasteiger partial charge in [-0.15, -0.1) is 0 Å². The van der Waals surface area contributed by atoms with E-state index in [1.54, 1.807) is 36.4 Å². The summed E-state index contributed by atoms with van der Waals surface area (Å²) in [5.41, 5.74) is 1.17. The molecule has 4 atom stereocenters. The van der Waals surface area contributed by atoms with Crippen molar-refractivity contribution in [3.05, 3.63) is 76.0 Å². The van der Waals surface area contributed by atoms with Gasteiger partial charge < -0.3 is 4.74 Å². The van der Waals surface area contributed by atoms with Gasteiger partial charge in [-0.3, -0.25) is 9.59 Å². The molecule has 0 radical (unpaired) electrons. The molecule has 2 aliphatic carbocycles. The summed E-state index contributed by atoms with van der Waals surface area (Å²) >= 11 is 3.44. The molecular weight excluding hydrogens is 451 g/mol. The van der Waals surface area contributed by atoms with Crippen LogP contribution in [0.5, 0.6) is 5.75 Å². The van der Waals surface area contributed by atoms with Crippen LogP contribution in [0.4, 0.5) is 4.39 Å². The molecule has 5 nitrogen and oxygen atoms in total. The van der Waals surface area contributed by atoms with Gasteiger partial charge >= 0.3 is 0 Å². The van der Waals surface area contributed by atoms with E-state index in [-0.39, 0.29) is 47.9 Å². The maximum Gasteiger partial charge on any atom is 0.254 e. The topological polar surface area (TPSA) is 59.0 Å². The molecular formula is C23H18BrFN2O3. The second-order valence-electron chi connectivity index (χ2n) is 7.80. The maximum absolute atomic E-state index is 13.7. The third-order valence-electron chi connectivity index (χ3n) is 6.07. The van der Waals surface area contributed by atoms with Crippen LogP contribution < -0.4 is 4.74 Å². The number of hydrogen-bond donors (Lipinski definition) is 0. The third kappa shape index (κ3) is 3.17. The monoisotopic (exact) mass is 468 g/mol. The Hall–Kier alpha value is -2.80. The molecule has 152 valence electrons. The molecule has 0 aromatic heterocycles. The first-order chi connectivity index (χ1) is 14.5. The van der Waals surface area contributed by atoms with E-state index in [1.807, 2.05) is 0 Å². The van der Waals surface area contributed by atoms with Crippen LogP contribution in [0.15, 0.2) is 64.2 Å². The first kappa shape index (κ1) is 19.2. The highest BCUT2D eigenvalue weighted by molar-refractivity contribution is 9.10. The smallest absolute Gasteiger partial charge is 0.254 e. The molecule has 2 bridgehead atoms. The summed E-state index contributed by atoms with van der Waals surface area (Å²) in [6.45, 7) is 0.106. The van der Waals surface area contributed by atoms with Gasteiger partial charge in [0.15, 0.2) is 0 Å². The van der Waals surface area contributed by atoms with Crippen molar-refractivity contribution in [3.8, 4) is 5.75 Å². The van der Waals surface area contributed by atoms with Gasteiger partial charge in [0.2, 0.25) is 0 Å². The highest BCUT2D eigenvalue weighted by Crippen LogP contribution is 2.52. The molecule has 2 aromatic rings. The molecule has 7 heteroatoms. The SMILES string of the molecule is O=C1C2C3C=CC(C3)C2C(=O)N1N=Cc1ccc(OCc2ccccc2F)c(Br)c1. The quantitative estimate of drug-likeness (QED) is 0.373. The third-order valence-corrected chi connectivity index (χ3v) is 6.69. The lowest BCUT2D eigenvalue weighted by Gasteiger charge is -2.13. The standard InChI is InChI=1S/C23H18BrFN2O3/c24-17-9-13(5-8-19(17)30-12-16-3-1-2-4-18(16)25)11-26-27-22(28)20-14-6-7-15(10-14)21(20)23(27)29/h1-9,11,14-15,20-21H,10,12H2. The average Bonchev–Trinajstić information content (AvgIpc) is 3.41. The van der Waals surface area contributed by atoms with E-state index in [1.165, 1.54) is 12.3 Å². The van der Waals surface area contributed by atoms with Crippen molar-refractivity contribution in [2.24, 2.45) is 28.8 Å². The molecule has 3 aliphatic rings. The Morgan fingerprint density at radius 3 is 2.47 bits per heavy atom. The van der Waals surface area contributed by atoms with Crippen LogP contribution in [0.3, 0.4) is 0 Å². The van der Waals surface area contributed by atoms with Crippen LogP contribution in [0, 0.1) is 29.5 Å². The molecule has 2 fully saturated rings. The lowest BCUT2D eigenvalue weighted by molar-refractivity contribution is -0.140. The number of carbonyl (C=O) groups is 2. The molecule has 5 rings (SSSR count). The highest BCUT2D eigenvalue weighted by Gasteiger charge is 2.59. The number of fused-ring (bicyclic) bond motifs is 5. The zero-order valence-corrected chi connectivity index (χ0v) is 17.5. The number of imide groups is 1. The van der Waals surface area contributed by atoms with E-state index in [0.717, 1.165) is 11.4 Å². The van der Waals surface area contributed by atoms with E-state index in [4.69, 9.17) is 4.74 Å². The number of carbonyl (C=O) groups excluding carboxylic acids is 2. The van der Waals surface area contributed by atoms with E-state index >= 15 is 0 Å². The van der Waals surface area contributed by atoms with Crippen molar-refractivity contribution in [1.29, 1.82) is 0 Å². The van der Waals surface area contributed by atoms with Gasteiger partial charge in [0.1, 0.15) is 18.2 Å². The summed E-state index contributed by atoms with van der Waals surface area (Å²) < 4.78 is 20.1. The van der Waals surface area contributed by atoms with E-state index in [0.29, 0.717) is 21.3 Å². The molecule has 2 amide bonds. The first-order valence-electron chi connectivity index (χ1n) is 9.79. The molecule has 4 unspecified atom stereocenters. The summed E-state index contributed by atoms with van der Waals surface area (Å²) in [5, 5.41) is 5.21. The van der Waals surface area contributed by atoms with Gasteiger partial charge in [-0.25, -0.2) is 4.39 Å². The summed E-state index contributed by atoms with van der Waals surface area (Å²) in [5.74, 6) is -0.361. The van der Waals surface area contributed by atoms with Crippen molar-refractivity contribution in [2.45, 2.75) is 13.0 Å². The van der Waals surface area contributed by atoms with Crippen LogP contribution >= 0.6 is 15.9 Å². The Morgan fingerprint density at radius 1 is 1.10 bits per heavy atom. The zero-order valence-electron chi connectivity index (χ0n) is 15.9. The van der Waals surface area contributed by atoms with Crippen molar-refractivity contribution in [3.63, 3.8) is 0 Å². The van der Waals surface area contributed by atoms with Gasteiger partial charge in [-0.05, 0) is 64.0 Å². The molecule has 2 aromatic carbocycles. The molecule has 0 spiro atoms. The summed E-state index contributed by atoms with van der Waals surface area (Å²) in [7, 11) is 0. The number of ether oxygens (including phenoxy) is 1. The molecule has 0 N–H and O–H groups in total. The second kappa shape index (κ2) is 7.47. The maximum atomic E-state index is 13.7. The number of hydrogen-bond acceptors (Lipinski definition) is 4. The van der Waals surface area contributed by atoms with Gasteiger partial charge in [0.25, 0.3) is 11.8 Å². The minimum absolute atomic E-state index is 0.106. The Balaban J connectivity index is 1.27. The van der Waals surface area contributed by atoms with E-state index < -0.39 is 0 Å². The summed E-state index contributed by atoms with van der Waals surface area (Å²) in [4.78, 5) is 25.3. The van der Waals surface area contributed by atoms with Crippen molar-refractivity contribution >= 4 is 34.0 Å². The number of benzene rings is 2. The fourth-order valence-corrected chi connectivity index (χ4v) is 5.12. The Morgan fingerprint density at radius 2 is 1.80 bits per heavy atom. The van der Waals surface area contributed by atoms with E-state index in [9.17, 15) is 14.0 Å². The predicted molar refractivity (Wildman–Crippen MR) is 112 cm³/mol. The van der Waals surface area contributed by atoms with Crippen LogP contribution in [0.2, 0.25) is 0 Å². The van der Waals surface area contributed by atoms with Crippen LogP contribution in [0.25, 0.3) is 0 Å². The number of halogens is 2. The van der Waals surface area contributed by atoms with Crippen LogP contribution in [-0.2, 0) is 16.2 Å². The van der Waals surface area contributed by atoms with Crippen LogP contribution in [-0.4, -0.2) is 23.0 Å². The van der Waals surface area contributed by atoms with Gasteiger partial charge in [-0.2, -0.15) is 10.1 Å². The van der Waals surface area contributed by atoms with Gasteiger partial charge in [0.05, 0.1) is 22.5 Å². The lowest BCUT2D eigenvalue weighted by Crippen LogP contribution is -2.28. The minimum Gasteiger partial charge on any atom is -0.488 e. The number of hydrazone groups is 1. The van der Waals surface area contributed by atoms with Gasteiger partial charge in [-0.1, -0.05) is 30.4 Å². The predicted octanol–water partition coefficient (Wildman–Crippen LogP) is 4.31. The number of rotatable bonds is 5. The van der Waals surface area contributed by atoms with Crippen molar-refractivity contribution < 1.29 is 18.7 Å². The number of nitrogens with zero attached hydrogens (tertiary/aromatic N) is 2. The molecule has 30 heavy (non-hydrogen) atoms.